The second-order valence-electron chi connectivity index (χ2n) is 4.59. The second-order valence-corrected chi connectivity index (χ2v) is 4.59. The number of anilines is 1. The number of carboxylic acid groups (broad SMARTS) is 1. The summed E-state index contributed by atoms with van der Waals surface area (Å²) in [6.45, 7) is 1.47. The Labute approximate surface area is 117 Å². The molecule has 0 saturated heterocycles. The highest BCUT2D eigenvalue weighted by Crippen LogP contribution is 2.29. The molecule has 1 aromatic rings. The molecular weight excluding hydrogens is 260 g/mol. The van der Waals surface area contributed by atoms with Crippen LogP contribution in [0.1, 0.15) is 22.3 Å². The molecule has 0 unspecified atom stereocenters. The average Bonchev–Trinajstić information content (AvgIpc) is 2.46. The van der Waals surface area contributed by atoms with Crippen LogP contribution in [0.25, 0.3) is 0 Å². The van der Waals surface area contributed by atoms with Gasteiger partial charge in [0, 0.05) is 25.9 Å². The van der Waals surface area contributed by atoms with E-state index in [1.807, 2.05) is 0 Å². The van der Waals surface area contributed by atoms with Crippen LogP contribution >= 0.6 is 0 Å². The highest BCUT2D eigenvalue weighted by molar-refractivity contribution is 5.97. The molecule has 0 saturated carbocycles. The fourth-order valence-electron chi connectivity index (χ4n) is 2.39. The summed E-state index contributed by atoms with van der Waals surface area (Å²) in [5, 5.41) is 12.0. The predicted molar refractivity (Wildman–Crippen MR) is 74.3 cm³/mol. The van der Waals surface area contributed by atoms with E-state index >= 15 is 0 Å². The van der Waals surface area contributed by atoms with E-state index in [2.05, 4.69) is 5.32 Å². The third-order valence-electron chi connectivity index (χ3n) is 3.31. The summed E-state index contributed by atoms with van der Waals surface area (Å²) < 4.78 is 4.89. The van der Waals surface area contributed by atoms with Crippen LogP contribution in [0.5, 0.6) is 0 Å². The van der Waals surface area contributed by atoms with Gasteiger partial charge in [0.15, 0.2) is 0 Å². The lowest BCUT2D eigenvalue weighted by atomic mass is 9.96. The molecule has 1 aliphatic heterocycles. The summed E-state index contributed by atoms with van der Waals surface area (Å²) in [4.78, 5) is 25.0. The van der Waals surface area contributed by atoms with Gasteiger partial charge in [-0.3, -0.25) is 4.90 Å². The Bertz CT molecular complexity index is 516. The van der Waals surface area contributed by atoms with Crippen molar-refractivity contribution in [2.45, 2.75) is 12.8 Å². The first-order valence-corrected chi connectivity index (χ1v) is 6.54. The Morgan fingerprint density at radius 1 is 1.45 bits per heavy atom. The van der Waals surface area contributed by atoms with Crippen LogP contribution in [0.4, 0.5) is 10.5 Å². The smallest absolute Gasteiger partial charge is 0.336 e. The van der Waals surface area contributed by atoms with Crippen LogP contribution in [0.15, 0.2) is 18.2 Å². The van der Waals surface area contributed by atoms with Crippen LogP contribution in [-0.4, -0.2) is 43.9 Å². The Kier molecular flexibility index (Phi) is 4.57. The van der Waals surface area contributed by atoms with Crippen LogP contribution in [0, 0.1) is 0 Å². The van der Waals surface area contributed by atoms with E-state index in [9.17, 15) is 14.7 Å². The number of nitrogens with one attached hydrogen (secondary N) is 1. The minimum atomic E-state index is -0.955. The first-order valence-electron chi connectivity index (χ1n) is 6.54. The van der Waals surface area contributed by atoms with Gasteiger partial charge in [-0.05, 0) is 30.5 Å². The van der Waals surface area contributed by atoms with Crippen molar-refractivity contribution < 1.29 is 19.4 Å². The van der Waals surface area contributed by atoms with Gasteiger partial charge in [-0.1, -0.05) is 6.07 Å². The van der Waals surface area contributed by atoms with Gasteiger partial charge >= 0.3 is 12.0 Å². The zero-order valence-electron chi connectivity index (χ0n) is 11.4. The van der Waals surface area contributed by atoms with E-state index in [0.29, 0.717) is 31.8 Å². The number of amides is 2. The molecule has 0 fully saturated rings. The molecule has 1 aliphatic rings. The number of hydrogen-bond donors (Lipinski definition) is 2. The molecule has 6 nitrogen and oxygen atoms in total. The fraction of sp³-hybridized carbons (Fsp3) is 0.429. The normalized spacial score (nSPS) is 13.8. The van der Waals surface area contributed by atoms with Gasteiger partial charge in [0.25, 0.3) is 0 Å². The third kappa shape index (κ3) is 2.91. The average molecular weight is 278 g/mol. The summed E-state index contributed by atoms with van der Waals surface area (Å²) in [5.74, 6) is -0.955. The summed E-state index contributed by atoms with van der Waals surface area (Å²) in [6.07, 6.45) is 1.44. The standard InChI is InChI=1S/C14H18N2O4/c1-20-9-7-15-14(19)16-8-3-5-10-11(13(17)18)4-2-6-12(10)16/h2,4,6H,3,5,7-9H2,1H3,(H,15,19)(H,17,18). The summed E-state index contributed by atoms with van der Waals surface area (Å²) in [5.41, 5.74) is 1.69. The maximum atomic E-state index is 12.1. The number of hydrogen-bond acceptors (Lipinski definition) is 3. The lowest BCUT2D eigenvalue weighted by Gasteiger charge is -2.30. The molecule has 20 heavy (non-hydrogen) atoms. The van der Waals surface area contributed by atoms with Gasteiger partial charge < -0.3 is 15.2 Å². The number of methoxy groups -OCH3 is 1. The lowest BCUT2D eigenvalue weighted by Crippen LogP contribution is -2.44. The van der Waals surface area contributed by atoms with E-state index in [4.69, 9.17) is 4.74 Å². The van der Waals surface area contributed by atoms with Crippen molar-refractivity contribution in [1.82, 2.24) is 5.32 Å². The van der Waals surface area contributed by atoms with Crippen molar-refractivity contribution >= 4 is 17.7 Å². The predicted octanol–water partition coefficient (Wildman–Crippen LogP) is 1.49. The number of carbonyl (C=O) groups excluding carboxylic acids is 1. The van der Waals surface area contributed by atoms with E-state index in [1.165, 1.54) is 0 Å². The number of fused-ring (bicyclic) bond motifs is 1. The van der Waals surface area contributed by atoms with Gasteiger partial charge in [-0.2, -0.15) is 0 Å². The number of ether oxygens (including phenoxy) is 1. The Morgan fingerprint density at radius 2 is 2.25 bits per heavy atom. The molecule has 1 heterocycles. The molecule has 1 aromatic carbocycles. The Morgan fingerprint density at radius 3 is 2.95 bits per heavy atom. The van der Waals surface area contributed by atoms with Gasteiger partial charge in [0.05, 0.1) is 12.2 Å². The topological polar surface area (TPSA) is 78.9 Å². The van der Waals surface area contributed by atoms with Crippen molar-refractivity contribution in [3.8, 4) is 0 Å². The van der Waals surface area contributed by atoms with E-state index in [1.54, 1.807) is 30.2 Å². The minimum absolute atomic E-state index is 0.217. The molecular formula is C14H18N2O4. The molecule has 6 heteroatoms. The second kappa shape index (κ2) is 6.38. The largest absolute Gasteiger partial charge is 0.478 e. The number of nitrogens with zero attached hydrogens (tertiary/aromatic N) is 1. The molecule has 2 N–H and O–H groups in total. The van der Waals surface area contributed by atoms with Gasteiger partial charge in [0.2, 0.25) is 0 Å². The van der Waals surface area contributed by atoms with Crippen LogP contribution < -0.4 is 10.2 Å². The quantitative estimate of drug-likeness (QED) is 0.818. The van der Waals surface area contributed by atoms with E-state index in [0.717, 1.165) is 12.0 Å². The molecule has 2 amide bonds. The van der Waals surface area contributed by atoms with Crippen LogP contribution in [-0.2, 0) is 11.2 Å². The van der Waals surface area contributed by atoms with Gasteiger partial charge in [-0.25, -0.2) is 9.59 Å². The van der Waals surface area contributed by atoms with Crippen molar-refractivity contribution in [1.29, 1.82) is 0 Å². The van der Waals surface area contributed by atoms with E-state index in [-0.39, 0.29) is 11.6 Å². The number of carboxylic acids is 1. The maximum Gasteiger partial charge on any atom is 0.336 e. The Hall–Kier alpha value is -2.08. The molecule has 108 valence electrons. The van der Waals surface area contributed by atoms with Crippen molar-refractivity contribution in [3.05, 3.63) is 29.3 Å². The van der Waals surface area contributed by atoms with Crippen molar-refractivity contribution in [3.63, 3.8) is 0 Å². The SMILES string of the molecule is COCCNC(=O)N1CCCc2c(C(=O)O)cccc21. The lowest BCUT2D eigenvalue weighted by molar-refractivity contribution is 0.0695. The number of carbonyl (C=O) groups is 2. The monoisotopic (exact) mass is 278 g/mol. The van der Waals surface area contributed by atoms with E-state index < -0.39 is 5.97 Å². The summed E-state index contributed by atoms with van der Waals surface area (Å²) >= 11 is 0. The minimum Gasteiger partial charge on any atom is -0.478 e. The molecule has 2 rings (SSSR count). The molecule has 0 atom stereocenters. The molecule has 0 radical (unpaired) electrons. The zero-order chi connectivity index (χ0) is 14.5. The summed E-state index contributed by atoms with van der Waals surface area (Å²) in [6, 6.07) is 4.82. The summed E-state index contributed by atoms with van der Waals surface area (Å²) in [7, 11) is 1.57. The molecule has 0 aromatic heterocycles. The van der Waals surface area contributed by atoms with Crippen molar-refractivity contribution in [2.24, 2.45) is 0 Å². The number of urea groups is 1. The number of rotatable bonds is 4. The first-order chi connectivity index (χ1) is 9.65. The Balaban J connectivity index is 2.22. The van der Waals surface area contributed by atoms with Gasteiger partial charge in [0.1, 0.15) is 0 Å². The van der Waals surface area contributed by atoms with Crippen LogP contribution in [0.3, 0.4) is 0 Å². The highest BCUT2D eigenvalue weighted by Gasteiger charge is 2.25. The molecule has 0 spiro atoms. The number of aromatic carboxylic acids is 1. The third-order valence-corrected chi connectivity index (χ3v) is 3.31. The molecule has 0 bridgehead atoms. The highest BCUT2D eigenvalue weighted by atomic mass is 16.5. The van der Waals surface area contributed by atoms with Crippen molar-refractivity contribution in [2.75, 3.05) is 31.7 Å². The molecule has 0 aliphatic carbocycles. The maximum absolute atomic E-state index is 12.1. The number of benzene rings is 1. The van der Waals surface area contributed by atoms with Gasteiger partial charge in [-0.15, -0.1) is 0 Å². The first kappa shape index (κ1) is 14.3. The fourth-order valence-corrected chi connectivity index (χ4v) is 2.39. The zero-order valence-corrected chi connectivity index (χ0v) is 11.4. The van der Waals surface area contributed by atoms with Crippen LogP contribution in [0.2, 0.25) is 0 Å².